The minimum absolute atomic E-state index is 0.167. The number of unbranched alkanes of at least 4 members (excludes halogenated alkanes) is 9. The number of quaternary nitrogens is 1. The summed E-state index contributed by atoms with van der Waals surface area (Å²) in [5, 5.41) is 18.2. The molecule has 3 nitrogen and oxygen atoms in total. The molecule has 0 heterocycles. The molecule has 0 aromatic heterocycles. The van der Waals surface area contributed by atoms with Crippen molar-refractivity contribution >= 4 is 0 Å². The predicted molar refractivity (Wildman–Crippen MR) is 75.1 cm³/mol. The predicted octanol–water partition coefficient (Wildman–Crippen LogP) is 2.53. The van der Waals surface area contributed by atoms with Crippen LogP contribution in [0.1, 0.15) is 71.1 Å². The van der Waals surface area contributed by atoms with Crippen molar-refractivity contribution in [2.75, 3.05) is 20.7 Å². The summed E-state index contributed by atoms with van der Waals surface area (Å²) >= 11 is 0. The van der Waals surface area contributed by atoms with Crippen molar-refractivity contribution < 1.29 is 10.2 Å². The van der Waals surface area contributed by atoms with Gasteiger partial charge in [0.15, 0.2) is 0 Å². The van der Waals surface area contributed by atoms with Crippen molar-refractivity contribution in [2.45, 2.75) is 71.1 Å². The highest BCUT2D eigenvalue weighted by molar-refractivity contribution is 4.46. The summed E-state index contributed by atoms with van der Waals surface area (Å²) in [6.07, 6.45) is 13.3. The van der Waals surface area contributed by atoms with Crippen LogP contribution < -0.4 is 5.06 Å². The third-order valence-corrected chi connectivity index (χ3v) is 2.51. The van der Waals surface area contributed by atoms with Crippen molar-refractivity contribution in [2.24, 2.45) is 0 Å². The molecular weight excluding hydrogens is 214 g/mol. The molecule has 0 aliphatic heterocycles. The molecule has 106 valence electrons. The van der Waals surface area contributed by atoms with Gasteiger partial charge in [0.05, 0.1) is 14.1 Å². The van der Waals surface area contributed by atoms with Gasteiger partial charge in [0.2, 0.25) is 0 Å². The molecule has 0 aromatic carbocycles. The highest BCUT2D eigenvalue weighted by atomic mass is 16.5. The van der Waals surface area contributed by atoms with Crippen LogP contribution in [0.25, 0.3) is 0 Å². The van der Waals surface area contributed by atoms with E-state index in [4.69, 9.17) is 5.11 Å². The fourth-order valence-electron chi connectivity index (χ4n) is 1.60. The van der Waals surface area contributed by atoms with Gasteiger partial charge in [0.1, 0.15) is 0 Å². The number of aliphatic hydroxyl groups excluding tert-OH is 1. The van der Waals surface area contributed by atoms with Gasteiger partial charge in [-0.1, -0.05) is 64.7 Å². The lowest BCUT2D eigenvalue weighted by atomic mass is 10.1. The highest BCUT2D eigenvalue weighted by Crippen LogP contribution is 2.09. The maximum atomic E-state index is 9.44. The SMILES string of the molecule is CCCCCCCCCCCCO.C[NH+](C)[O-]. The lowest BCUT2D eigenvalue weighted by molar-refractivity contribution is -0.802. The van der Waals surface area contributed by atoms with Crippen LogP contribution in [-0.4, -0.2) is 25.8 Å². The topological polar surface area (TPSA) is 47.7 Å². The number of rotatable bonds is 10. The zero-order valence-corrected chi connectivity index (χ0v) is 12.1. The molecule has 2 N–H and O–H groups in total. The monoisotopic (exact) mass is 247 g/mol. The van der Waals surface area contributed by atoms with Gasteiger partial charge in [-0.3, -0.25) is 0 Å². The molecule has 0 aliphatic carbocycles. The Morgan fingerprint density at radius 1 is 0.765 bits per heavy atom. The van der Waals surface area contributed by atoms with E-state index in [-0.39, 0.29) is 5.06 Å². The van der Waals surface area contributed by atoms with Gasteiger partial charge >= 0.3 is 0 Å². The lowest BCUT2D eigenvalue weighted by Gasteiger charge is -2.04. The Morgan fingerprint density at radius 3 is 1.35 bits per heavy atom. The second-order valence-electron chi connectivity index (χ2n) is 4.81. The van der Waals surface area contributed by atoms with Crippen molar-refractivity contribution in [3.8, 4) is 0 Å². The van der Waals surface area contributed by atoms with Crippen molar-refractivity contribution in [3.05, 3.63) is 5.21 Å². The summed E-state index contributed by atoms with van der Waals surface area (Å²) < 4.78 is 0. The van der Waals surface area contributed by atoms with E-state index < -0.39 is 0 Å². The normalized spacial score (nSPS) is 10.2. The average Bonchev–Trinajstić information content (AvgIpc) is 2.26. The molecule has 0 amide bonds. The standard InChI is InChI=1S/C12H26O.C2H7NO/c1-2-3-4-5-6-7-8-9-10-11-12-13;1-3(2)4/h13H,2-12H2,1H3;3H,1-2H3. The molecule has 0 saturated carbocycles. The van der Waals surface area contributed by atoms with E-state index >= 15 is 0 Å². The largest absolute Gasteiger partial charge is 0.635 e. The number of hydroxylamine groups is 2. The number of hydrogen-bond donors (Lipinski definition) is 2. The van der Waals surface area contributed by atoms with Crippen LogP contribution >= 0.6 is 0 Å². The van der Waals surface area contributed by atoms with Crippen LogP contribution in [0, 0.1) is 5.21 Å². The van der Waals surface area contributed by atoms with Gasteiger partial charge < -0.3 is 15.4 Å². The van der Waals surface area contributed by atoms with E-state index in [1.54, 1.807) is 0 Å². The van der Waals surface area contributed by atoms with E-state index in [1.807, 2.05) is 0 Å². The molecule has 0 aliphatic rings. The van der Waals surface area contributed by atoms with Crippen LogP contribution in [0.5, 0.6) is 0 Å². The molecular formula is C14H33NO2. The maximum absolute atomic E-state index is 9.44. The Labute approximate surface area is 108 Å². The Morgan fingerprint density at radius 2 is 1.06 bits per heavy atom. The molecule has 0 atom stereocenters. The first-order valence-corrected chi connectivity index (χ1v) is 7.23. The van der Waals surface area contributed by atoms with Crippen molar-refractivity contribution in [3.63, 3.8) is 0 Å². The Hall–Kier alpha value is -0.120. The first kappa shape index (κ1) is 19.2. The summed E-state index contributed by atoms with van der Waals surface area (Å²) in [4.78, 5) is 0. The molecule has 17 heavy (non-hydrogen) atoms. The van der Waals surface area contributed by atoms with E-state index in [0.717, 1.165) is 6.42 Å². The third kappa shape index (κ3) is 31.3. The molecule has 0 saturated heterocycles. The fourth-order valence-corrected chi connectivity index (χ4v) is 1.60. The van der Waals surface area contributed by atoms with E-state index in [2.05, 4.69) is 6.92 Å². The second kappa shape index (κ2) is 18.3. The smallest absolute Gasteiger partial charge is 0.0660 e. The van der Waals surface area contributed by atoms with Gasteiger partial charge in [-0.15, -0.1) is 0 Å². The Bertz CT molecular complexity index is 106. The van der Waals surface area contributed by atoms with Crippen LogP contribution in [0.2, 0.25) is 0 Å². The van der Waals surface area contributed by atoms with Crippen LogP contribution in [0.15, 0.2) is 0 Å². The molecule has 0 aromatic rings. The molecule has 0 unspecified atom stereocenters. The van der Waals surface area contributed by atoms with Gasteiger partial charge in [0, 0.05) is 6.61 Å². The minimum Gasteiger partial charge on any atom is -0.635 e. The molecule has 0 radical (unpaired) electrons. The first-order chi connectivity index (χ1) is 8.15. The summed E-state index contributed by atoms with van der Waals surface area (Å²) in [5.41, 5.74) is 0. The zero-order chi connectivity index (χ0) is 13.4. The van der Waals surface area contributed by atoms with Gasteiger partial charge in [-0.25, -0.2) is 0 Å². The van der Waals surface area contributed by atoms with Gasteiger partial charge in [-0.2, -0.15) is 0 Å². The van der Waals surface area contributed by atoms with Crippen molar-refractivity contribution in [1.82, 2.24) is 0 Å². The number of aliphatic hydroxyl groups is 1. The molecule has 0 bridgehead atoms. The maximum Gasteiger partial charge on any atom is 0.0660 e. The lowest BCUT2D eigenvalue weighted by Crippen LogP contribution is -3.00. The van der Waals surface area contributed by atoms with Crippen LogP contribution in [0.3, 0.4) is 0 Å². The quantitative estimate of drug-likeness (QED) is 0.460. The molecule has 3 heteroatoms. The minimum atomic E-state index is 0.167. The second-order valence-corrected chi connectivity index (χ2v) is 4.81. The summed E-state index contributed by atoms with van der Waals surface area (Å²) in [7, 11) is 3.06. The molecule has 0 spiro atoms. The fraction of sp³-hybridized carbons (Fsp3) is 1.00. The van der Waals surface area contributed by atoms with E-state index in [9.17, 15) is 5.21 Å². The average molecular weight is 247 g/mol. The molecule has 0 rings (SSSR count). The zero-order valence-electron chi connectivity index (χ0n) is 12.1. The summed E-state index contributed by atoms with van der Waals surface area (Å²) in [6, 6.07) is 0. The van der Waals surface area contributed by atoms with Gasteiger partial charge in [0.25, 0.3) is 0 Å². The third-order valence-electron chi connectivity index (χ3n) is 2.51. The van der Waals surface area contributed by atoms with Crippen LogP contribution in [0.4, 0.5) is 0 Å². The summed E-state index contributed by atoms with van der Waals surface area (Å²) in [5.74, 6) is 0. The Kier molecular flexibility index (Phi) is 20.6. The molecule has 0 fully saturated rings. The first-order valence-electron chi connectivity index (χ1n) is 7.23. The van der Waals surface area contributed by atoms with E-state index in [1.165, 1.54) is 71.9 Å². The number of nitrogens with one attached hydrogen (secondary N) is 1. The van der Waals surface area contributed by atoms with Crippen molar-refractivity contribution in [1.29, 1.82) is 0 Å². The number of hydrogen-bond acceptors (Lipinski definition) is 2. The Balaban J connectivity index is 0. The van der Waals surface area contributed by atoms with Crippen LogP contribution in [-0.2, 0) is 0 Å². The highest BCUT2D eigenvalue weighted by Gasteiger charge is 1.91. The summed E-state index contributed by atoms with van der Waals surface area (Å²) in [6.45, 7) is 2.63. The van der Waals surface area contributed by atoms with E-state index in [0.29, 0.717) is 6.61 Å². The van der Waals surface area contributed by atoms with Gasteiger partial charge in [-0.05, 0) is 6.42 Å².